The highest BCUT2D eigenvalue weighted by atomic mass is 32.2. The van der Waals surface area contributed by atoms with Crippen LogP contribution in [0.5, 0.6) is 0 Å². The summed E-state index contributed by atoms with van der Waals surface area (Å²) >= 11 is 1.82. The number of hydrogen-bond donors (Lipinski definition) is 1. The Morgan fingerprint density at radius 1 is 1.35 bits per heavy atom. The molecule has 17 heavy (non-hydrogen) atoms. The molecule has 2 unspecified atom stereocenters. The van der Waals surface area contributed by atoms with Gasteiger partial charge in [-0.25, -0.2) is 0 Å². The van der Waals surface area contributed by atoms with Crippen LogP contribution in [0.4, 0.5) is 0 Å². The Kier molecular flexibility index (Phi) is 5.98. The molecule has 1 rings (SSSR count). The third-order valence-corrected chi connectivity index (χ3v) is 4.06. The molecule has 1 heterocycles. The van der Waals surface area contributed by atoms with Crippen molar-refractivity contribution in [3.05, 3.63) is 11.7 Å². The molecule has 0 aliphatic carbocycles. The number of thioether (sulfide) groups is 1. The summed E-state index contributed by atoms with van der Waals surface area (Å²) in [6.07, 6.45) is 1.17. The molecule has 0 amide bonds. The Labute approximate surface area is 107 Å². The molecule has 0 fully saturated rings. The molecular weight excluding hydrogens is 236 g/mol. The Bertz CT molecular complexity index is 328. The van der Waals surface area contributed by atoms with Crippen LogP contribution in [-0.2, 0) is 12.2 Å². The quantitative estimate of drug-likeness (QED) is 0.814. The van der Waals surface area contributed by atoms with Crippen molar-refractivity contribution in [1.82, 2.24) is 10.1 Å². The minimum Gasteiger partial charge on any atom is -0.392 e. The Morgan fingerprint density at radius 3 is 2.65 bits per heavy atom. The standard InChI is InChI=1S/C12H22N2O2S/c1-5-9(4)17-7-11-13-12(16-14-11)6-10(15)8(2)3/h8-10,15H,5-7H2,1-4H3. The van der Waals surface area contributed by atoms with Gasteiger partial charge in [-0.3, -0.25) is 0 Å². The van der Waals surface area contributed by atoms with E-state index in [0.29, 0.717) is 17.6 Å². The second-order valence-corrected chi connectivity index (χ2v) is 6.08. The molecule has 0 aromatic carbocycles. The van der Waals surface area contributed by atoms with E-state index in [1.807, 2.05) is 25.6 Å². The van der Waals surface area contributed by atoms with Crippen LogP contribution in [0.25, 0.3) is 0 Å². The minimum atomic E-state index is -0.412. The fraction of sp³-hybridized carbons (Fsp3) is 0.833. The Morgan fingerprint density at radius 2 is 2.06 bits per heavy atom. The van der Waals surface area contributed by atoms with E-state index >= 15 is 0 Å². The highest BCUT2D eigenvalue weighted by Crippen LogP contribution is 2.18. The van der Waals surface area contributed by atoms with Crippen molar-refractivity contribution >= 4 is 11.8 Å². The van der Waals surface area contributed by atoms with Gasteiger partial charge in [0.1, 0.15) is 0 Å². The number of nitrogens with zero attached hydrogens (tertiary/aromatic N) is 2. The summed E-state index contributed by atoms with van der Waals surface area (Å²) in [5.41, 5.74) is 0. The average molecular weight is 258 g/mol. The van der Waals surface area contributed by atoms with Gasteiger partial charge in [-0.1, -0.05) is 32.9 Å². The first-order chi connectivity index (χ1) is 8.02. The summed E-state index contributed by atoms with van der Waals surface area (Å²) in [5, 5.41) is 14.2. The molecular formula is C12H22N2O2S. The topological polar surface area (TPSA) is 59.2 Å². The van der Waals surface area contributed by atoms with Gasteiger partial charge in [-0.15, -0.1) is 0 Å². The molecule has 0 bridgehead atoms. The van der Waals surface area contributed by atoms with E-state index in [0.717, 1.165) is 18.0 Å². The monoisotopic (exact) mass is 258 g/mol. The molecule has 0 radical (unpaired) electrons. The van der Waals surface area contributed by atoms with Crippen molar-refractivity contribution in [2.24, 2.45) is 5.92 Å². The normalized spacial score (nSPS) is 15.2. The lowest BCUT2D eigenvalue weighted by Gasteiger charge is -2.10. The van der Waals surface area contributed by atoms with Crippen molar-refractivity contribution in [2.75, 3.05) is 0 Å². The molecule has 4 nitrogen and oxygen atoms in total. The number of rotatable bonds is 7. The maximum atomic E-state index is 9.71. The highest BCUT2D eigenvalue weighted by molar-refractivity contribution is 7.99. The number of aromatic nitrogens is 2. The molecule has 0 aliphatic rings. The number of aliphatic hydroxyl groups is 1. The predicted molar refractivity (Wildman–Crippen MR) is 69.9 cm³/mol. The van der Waals surface area contributed by atoms with Crippen LogP contribution in [-0.4, -0.2) is 26.6 Å². The fourth-order valence-electron chi connectivity index (χ4n) is 1.18. The Balaban J connectivity index is 2.42. The summed E-state index contributed by atoms with van der Waals surface area (Å²) in [6.45, 7) is 8.30. The summed E-state index contributed by atoms with van der Waals surface area (Å²) in [6, 6.07) is 0. The molecule has 1 aromatic rings. The van der Waals surface area contributed by atoms with E-state index < -0.39 is 6.10 Å². The molecule has 0 spiro atoms. The van der Waals surface area contributed by atoms with Gasteiger partial charge in [0.05, 0.1) is 18.3 Å². The number of aliphatic hydroxyl groups excluding tert-OH is 1. The zero-order valence-electron chi connectivity index (χ0n) is 11.0. The molecule has 1 N–H and O–H groups in total. The van der Waals surface area contributed by atoms with Gasteiger partial charge in [-0.2, -0.15) is 16.7 Å². The molecule has 0 saturated carbocycles. The number of hydrogen-bond acceptors (Lipinski definition) is 5. The van der Waals surface area contributed by atoms with Crippen molar-refractivity contribution in [3.8, 4) is 0 Å². The SMILES string of the molecule is CCC(C)SCc1noc(CC(O)C(C)C)n1. The van der Waals surface area contributed by atoms with Crippen molar-refractivity contribution in [1.29, 1.82) is 0 Å². The van der Waals surface area contributed by atoms with E-state index in [9.17, 15) is 5.11 Å². The molecule has 0 saturated heterocycles. The summed E-state index contributed by atoms with van der Waals surface area (Å²) in [4.78, 5) is 4.28. The molecule has 2 atom stereocenters. The van der Waals surface area contributed by atoms with Crippen LogP contribution in [0.3, 0.4) is 0 Å². The molecule has 1 aromatic heterocycles. The minimum absolute atomic E-state index is 0.208. The predicted octanol–water partition coefficient (Wildman–Crippen LogP) is 2.66. The van der Waals surface area contributed by atoms with Gasteiger partial charge in [0.2, 0.25) is 5.89 Å². The summed E-state index contributed by atoms with van der Waals surface area (Å²) < 4.78 is 5.12. The van der Waals surface area contributed by atoms with E-state index in [-0.39, 0.29) is 5.92 Å². The van der Waals surface area contributed by atoms with Crippen molar-refractivity contribution in [2.45, 2.75) is 57.6 Å². The fourth-order valence-corrected chi connectivity index (χ4v) is 1.97. The van der Waals surface area contributed by atoms with Crippen molar-refractivity contribution in [3.63, 3.8) is 0 Å². The largest absolute Gasteiger partial charge is 0.392 e. The second kappa shape index (κ2) is 7.01. The van der Waals surface area contributed by atoms with Crippen LogP contribution >= 0.6 is 11.8 Å². The van der Waals surface area contributed by atoms with E-state index in [1.165, 1.54) is 0 Å². The van der Waals surface area contributed by atoms with Crippen molar-refractivity contribution < 1.29 is 9.63 Å². The van der Waals surface area contributed by atoms with Gasteiger partial charge in [-0.05, 0) is 12.3 Å². The van der Waals surface area contributed by atoms with Gasteiger partial charge in [0, 0.05) is 5.25 Å². The lowest BCUT2D eigenvalue weighted by molar-refractivity contribution is 0.116. The zero-order valence-corrected chi connectivity index (χ0v) is 11.8. The zero-order chi connectivity index (χ0) is 12.8. The van der Waals surface area contributed by atoms with Crippen LogP contribution in [0, 0.1) is 5.92 Å². The Hall–Kier alpha value is -0.550. The lowest BCUT2D eigenvalue weighted by Crippen LogP contribution is -2.17. The molecule has 98 valence electrons. The van der Waals surface area contributed by atoms with E-state index in [2.05, 4.69) is 24.0 Å². The van der Waals surface area contributed by atoms with E-state index in [1.54, 1.807) is 0 Å². The molecule has 0 aliphatic heterocycles. The van der Waals surface area contributed by atoms with Crippen LogP contribution in [0.15, 0.2) is 4.52 Å². The first-order valence-corrected chi connectivity index (χ1v) is 7.18. The van der Waals surface area contributed by atoms with Gasteiger partial charge < -0.3 is 9.63 Å². The smallest absolute Gasteiger partial charge is 0.229 e. The second-order valence-electron chi connectivity index (χ2n) is 4.65. The van der Waals surface area contributed by atoms with Gasteiger partial charge in [0.15, 0.2) is 5.82 Å². The maximum Gasteiger partial charge on any atom is 0.229 e. The van der Waals surface area contributed by atoms with Crippen LogP contribution in [0.2, 0.25) is 0 Å². The summed E-state index contributed by atoms with van der Waals surface area (Å²) in [7, 11) is 0. The van der Waals surface area contributed by atoms with Gasteiger partial charge >= 0.3 is 0 Å². The third kappa shape index (κ3) is 5.08. The maximum absolute atomic E-state index is 9.71. The van der Waals surface area contributed by atoms with E-state index in [4.69, 9.17) is 4.52 Å². The van der Waals surface area contributed by atoms with Crippen LogP contribution in [0.1, 0.15) is 45.8 Å². The third-order valence-electron chi connectivity index (χ3n) is 2.74. The first-order valence-electron chi connectivity index (χ1n) is 6.14. The van der Waals surface area contributed by atoms with Gasteiger partial charge in [0.25, 0.3) is 0 Å². The summed E-state index contributed by atoms with van der Waals surface area (Å²) in [5.74, 6) is 2.24. The average Bonchev–Trinajstić information content (AvgIpc) is 2.73. The first kappa shape index (κ1) is 14.5. The lowest BCUT2D eigenvalue weighted by atomic mass is 10.0. The highest BCUT2D eigenvalue weighted by Gasteiger charge is 2.15. The van der Waals surface area contributed by atoms with Crippen LogP contribution < -0.4 is 0 Å². The molecule has 5 heteroatoms.